The standard InChI is InChI=1S/C12H19N3O2S/c1-4-6-13-10-7-11(15-9(3)14-10)18-8-12(16)17-5-2/h7H,4-6,8H2,1-3H3,(H,13,14,15). The molecule has 0 amide bonds. The van der Waals surface area contributed by atoms with Gasteiger partial charge in [-0.25, -0.2) is 9.97 Å². The van der Waals surface area contributed by atoms with E-state index in [1.807, 2.05) is 13.0 Å². The predicted molar refractivity (Wildman–Crippen MR) is 72.9 cm³/mol. The second-order valence-electron chi connectivity index (χ2n) is 3.66. The van der Waals surface area contributed by atoms with Gasteiger partial charge >= 0.3 is 5.97 Å². The summed E-state index contributed by atoms with van der Waals surface area (Å²) >= 11 is 1.36. The molecule has 1 aromatic rings. The maximum Gasteiger partial charge on any atom is 0.316 e. The maximum absolute atomic E-state index is 11.3. The molecule has 18 heavy (non-hydrogen) atoms. The number of aryl methyl sites for hydroxylation is 1. The minimum absolute atomic E-state index is 0.221. The van der Waals surface area contributed by atoms with Crippen molar-refractivity contribution in [3.8, 4) is 0 Å². The van der Waals surface area contributed by atoms with Crippen LogP contribution in [0.15, 0.2) is 11.1 Å². The van der Waals surface area contributed by atoms with E-state index in [1.165, 1.54) is 11.8 Å². The van der Waals surface area contributed by atoms with E-state index in [2.05, 4.69) is 22.2 Å². The van der Waals surface area contributed by atoms with Crippen LogP contribution in [-0.2, 0) is 9.53 Å². The van der Waals surface area contributed by atoms with Crippen molar-refractivity contribution in [1.82, 2.24) is 9.97 Å². The van der Waals surface area contributed by atoms with Gasteiger partial charge in [-0.2, -0.15) is 0 Å². The first-order valence-corrected chi connectivity index (χ1v) is 7.02. The first-order valence-electron chi connectivity index (χ1n) is 6.03. The molecule has 1 heterocycles. The summed E-state index contributed by atoms with van der Waals surface area (Å²) in [6.45, 7) is 7.01. The highest BCUT2D eigenvalue weighted by Gasteiger charge is 2.06. The van der Waals surface area contributed by atoms with Crippen LogP contribution in [0.4, 0.5) is 5.82 Å². The largest absolute Gasteiger partial charge is 0.465 e. The Hall–Kier alpha value is -1.30. The van der Waals surface area contributed by atoms with Crippen molar-refractivity contribution in [3.05, 3.63) is 11.9 Å². The highest BCUT2D eigenvalue weighted by Crippen LogP contribution is 2.18. The van der Waals surface area contributed by atoms with Crippen LogP contribution < -0.4 is 5.32 Å². The van der Waals surface area contributed by atoms with Crippen LogP contribution in [0.1, 0.15) is 26.1 Å². The van der Waals surface area contributed by atoms with E-state index >= 15 is 0 Å². The fraction of sp³-hybridized carbons (Fsp3) is 0.583. The lowest BCUT2D eigenvalue weighted by Crippen LogP contribution is -2.08. The number of ether oxygens (including phenoxy) is 1. The zero-order valence-corrected chi connectivity index (χ0v) is 11.8. The molecule has 0 aliphatic heterocycles. The summed E-state index contributed by atoms with van der Waals surface area (Å²) in [6, 6.07) is 1.85. The van der Waals surface area contributed by atoms with Crippen LogP contribution in [0, 0.1) is 6.92 Å². The quantitative estimate of drug-likeness (QED) is 0.465. The molecule has 0 aromatic carbocycles. The van der Waals surface area contributed by atoms with E-state index < -0.39 is 0 Å². The summed E-state index contributed by atoms with van der Waals surface area (Å²) in [5.41, 5.74) is 0. The molecule has 5 nitrogen and oxygen atoms in total. The molecule has 0 saturated carbocycles. The number of carbonyl (C=O) groups excluding carboxylic acids is 1. The highest BCUT2D eigenvalue weighted by atomic mass is 32.2. The second kappa shape index (κ2) is 7.92. The van der Waals surface area contributed by atoms with Crippen LogP contribution in [0.5, 0.6) is 0 Å². The van der Waals surface area contributed by atoms with Crippen LogP contribution in [0.3, 0.4) is 0 Å². The third-order valence-corrected chi connectivity index (χ3v) is 2.90. The number of thioether (sulfide) groups is 1. The van der Waals surface area contributed by atoms with Gasteiger partial charge in [0.25, 0.3) is 0 Å². The molecular formula is C12H19N3O2S. The Bertz CT molecular complexity index is 399. The van der Waals surface area contributed by atoms with E-state index in [9.17, 15) is 4.79 Å². The molecule has 0 fully saturated rings. The normalized spacial score (nSPS) is 10.2. The molecular weight excluding hydrogens is 250 g/mol. The Morgan fingerprint density at radius 2 is 2.22 bits per heavy atom. The van der Waals surface area contributed by atoms with Crippen molar-refractivity contribution in [2.24, 2.45) is 0 Å². The fourth-order valence-electron chi connectivity index (χ4n) is 1.29. The Morgan fingerprint density at radius 3 is 2.89 bits per heavy atom. The summed E-state index contributed by atoms with van der Waals surface area (Å²) in [7, 11) is 0. The zero-order chi connectivity index (χ0) is 13.4. The molecule has 0 bridgehead atoms. The number of hydrogen-bond donors (Lipinski definition) is 1. The van der Waals surface area contributed by atoms with Crippen molar-refractivity contribution in [2.45, 2.75) is 32.2 Å². The first-order chi connectivity index (χ1) is 8.65. The lowest BCUT2D eigenvalue weighted by atomic mass is 10.4. The Kier molecular flexibility index (Phi) is 6.49. The highest BCUT2D eigenvalue weighted by molar-refractivity contribution is 7.99. The molecule has 0 saturated heterocycles. The lowest BCUT2D eigenvalue weighted by Gasteiger charge is -2.07. The van der Waals surface area contributed by atoms with Crippen molar-refractivity contribution in [2.75, 3.05) is 24.2 Å². The number of aromatic nitrogens is 2. The lowest BCUT2D eigenvalue weighted by molar-refractivity contribution is -0.139. The Balaban J connectivity index is 2.59. The molecule has 1 aromatic heterocycles. The molecule has 1 rings (SSSR count). The third kappa shape index (κ3) is 5.35. The molecule has 6 heteroatoms. The molecule has 0 radical (unpaired) electrons. The molecule has 0 aliphatic carbocycles. The van der Waals surface area contributed by atoms with E-state index in [-0.39, 0.29) is 11.7 Å². The summed E-state index contributed by atoms with van der Waals surface area (Å²) in [6.07, 6.45) is 1.04. The molecule has 0 unspecified atom stereocenters. The van der Waals surface area contributed by atoms with Gasteiger partial charge in [-0.15, -0.1) is 0 Å². The van der Waals surface area contributed by atoms with Gasteiger partial charge in [-0.1, -0.05) is 18.7 Å². The van der Waals surface area contributed by atoms with Crippen LogP contribution >= 0.6 is 11.8 Å². The average molecular weight is 269 g/mol. The van der Waals surface area contributed by atoms with Gasteiger partial charge in [0.1, 0.15) is 16.7 Å². The predicted octanol–water partition coefficient (Wildman–Crippen LogP) is 2.26. The van der Waals surface area contributed by atoms with Crippen molar-refractivity contribution in [3.63, 3.8) is 0 Å². The summed E-state index contributed by atoms with van der Waals surface area (Å²) in [4.78, 5) is 19.8. The maximum atomic E-state index is 11.3. The van der Waals surface area contributed by atoms with Gasteiger partial charge in [-0.05, 0) is 20.3 Å². The second-order valence-corrected chi connectivity index (χ2v) is 4.65. The van der Waals surface area contributed by atoms with Gasteiger partial charge in [0.05, 0.1) is 12.4 Å². The van der Waals surface area contributed by atoms with Crippen LogP contribution in [-0.4, -0.2) is 34.8 Å². The van der Waals surface area contributed by atoms with Gasteiger partial charge in [0.2, 0.25) is 0 Å². The van der Waals surface area contributed by atoms with Crippen molar-refractivity contribution >= 4 is 23.5 Å². The minimum Gasteiger partial charge on any atom is -0.465 e. The summed E-state index contributed by atoms with van der Waals surface area (Å²) in [5.74, 6) is 1.55. The molecule has 100 valence electrons. The molecule has 0 aliphatic rings. The average Bonchev–Trinajstić information content (AvgIpc) is 2.34. The van der Waals surface area contributed by atoms with Crippen LogP contribution in [0.25, 0.3) is 0 Å². The van der Waals surface area contributed by atoms with Gasteiger partial charge < -0.3 is 10.1 Å². The zero-order valence-electron chi connectivity index (χ0n) is 11.0. The fourth-order valence-corrected chi connectivity index (χ4v) is 2.03. The topological polar surface area (TPSA) is 64.1 Å². The number of nitrogens with zero attached hydrogens (tertiary/aromatic N) is 2. The molecule has 0 atom stereocenters. The minimum atomic E-state index is -0.221. The third-order valence-electron chi connectivity index (χ3n) is 2.01. The summed E-state index contributed by atoms with van der Waals surface area (Å²) < 4.78 is 4.87. The number of hydrogen-bond acceptors (Lipinski definition) is 6. The van der Waals surface area contributed by atoms with E-state index in [4.69, 9.17) is 4.74 Å². The van der Waals surface area contributed by atoms with E-state index in [1.54, 1.807) is 6.92 Å². The van der Waals surface area contributed by atoms with Crippen molar-refractivity contribution in [1.29, 1.82) is 0 Å². The summed E-state index contributed by atoms with van der Waals surface area (Å²) in [5, 5.41) is 3.99. The van der Waals surface area contributed by atoms with Gasteiger partial charge in [0.15, 0.2) is 0 Å². The van der Waals surface area contributed by atoms with Crippen molar-refractivity contribution < 1.29 is 9.53 Å². The monoisotopic (exact) mass is 269 g/mol. The number of esters is 1. The van der Waals surface area contributed by atoms with Crippen LogP contribution in [0.2, 0.25) is 0 Å². The molecule has 0 spiro atoms. The number of anilines is 1. The SMILES string of the molecule is CCCNc1cc(SCC(=O)OCC)nc(C)n1. The Labute approximate surface area is 112 Å². The smallest absolute Gasteiger partial charge is 0.316 e. The first kappa shape index (κ1) is 14.8. The van der Waals surface area contributed by atoms with E-state index in [0.717, 1.165) is 23.8 Å². The van der Waals surface area contributed by atoms with E-state index in [0.29, 0.717) is 12.4 Å². The number of nitrogens with one attached hydrogen (secondary N) is 1. The number of rotatable bonds is 7. The molecule has 1 N–H and O–H groups in total. The number of carbonyl (C=O) groups is 1. The Morgan fingerprint density at radius 1 is 1.44 bits per heavy atom. The van der Waals surface area contributed by atoms with Gasteiger partial charge in [-0.3, -0.25) is 4.79 Å². The van der Waals surface area contributed by atoms with Gasteiger partial charge in [0, 0.05) is 12.6 Å².